The van der Waals surface area contributed by atoms with Crippen molar-refractivity contribution >= 4 is 41.5 Å². The van der Waals surface area contributed by atoms with Gasteiger partial charge in [0.05, 0.1) is 5.69 Å². The number of ether oxygens (including phenoxy) is 1. The Hall–Kier alpha value is -2.50. The van der Waals surface area contributed by atoms with E-state index < -0.39 is 12.1 Å². The number of benzene rings is 2. The first kappa shape index (κ1) is 23.5. The topological polar surface area (TPSA) is 88.7 Å². The van der Waals surface area contributed by atoms with E-state index in [1.165, 1.54) is 18.2 Å². The Labute approximate surface area is 177 Å². The molecule has 1 amide bonds. The van der Waals surface area contributed by atoms with E-state index in [9.17, 15) is 18.0 Å². The minimum absolute atomic E-state index is 0. The number of nitrogens with two attached hydrogens (primary N) is 1. The molecule has 28 heavy (non-hydrogen) atoms. The Morgan fingerprint density at radius 2 is 1.71 bits per heavy atom. The fourth-order valence-corrected chi connectivity index (χ4v) is 2.16. The molecule has 2 aromatic rings. The van der Waals surface area contributed by atoms with Gasteiger partial charge in [0.25, 0.3) is 0 Å². The lowest BCUT2D eigenvalue weighted by Gasteiger charge is -2.14. The number of guanidine groups is 1. The standard InChI is InChI=1S/C18H19F3N4O2.HI/c19-18(20,21)27-15-9-5-4-8-14(15)25-17(22)24-12-16(26)23-11-10-13-6-2-1-3-7-13;/h1-9H,10-12H2,(H,23,26)(H3,22,24,25);1H. The van der Waals surface area contributed by atoms with Gasteiger partial charge in [-0.3, -0.25) is 4.79 Å². The summed E-state index contributed by atoms with van der Waals surface area (Å²) in [6.07, 6.45) is -4.16. The monoisotopic (exact) mass is 508 g/mol. The summed E-state index contributed by atoms with van der Waals surface area (Å²) in [4.78, 5) is 15.6. The number of carbonyl (C=O) groups excluding carboxylic acids is 1. The van der Waals surface area contributed by atoms with E-state index in [0.717, 1.165) is 11.6 Å². The van der Waals surface area contributed by atoms with Crippen LogP contribution in [0.5, 0.6) is 5.75 Å². The second kappa shape index (κ2) is 11.4. The molecule has 10 heteroatoms. The van der Waals surface area contributed by atoms with Crippen LogP contribution in [0, 0.1) is 0 Å². The molecule has 4 N–H and O–H groups in total. The Morgan fingerprint density at radius 1 is 1.07 bits per heavy atom. The maximum atomic E-state index is 12.4. The first-order valence-corrected chi connectivity index (χ1v) is 8.06. The molecule has 0 fully saturated rings. The summed E-state index contributed by atoms with van der Waals surface area (Å²) in [5, 5.41) is 5.18. The molecular weight excluding hydrogens is 488 g/mol. The quantitative estimate of drug-likeness (QED) is 0.305. The molecule has 152 valence electrons. The van der Waals surface area contributed by atoms with Crippen LogP contribution >= 0.6 is 24.0 Å². The lowest BCUT2D eigenvalue weighted by atomic mass is 10.1. The fraction of sp³-hybridized carbons (Fsp3) is 0.222. The number of halogens is 4. The van der Waals surface area contributed by atoms with E-state index in [-0.39, 0.29) is 48.1 Å². The van der Waals surface area contributed by atoms with Crippen LogP contribution in [0.1, 0.15) is 5.56 Å². The molecule has 0 heterocycles. The molecule has 0 aliphatic heterocycles. The zero-order valence-corrected chi connectivity index (χ0v) is 17.0. The Morgan fingerprint density at radius 3 is 2.39 bits per heavy atom. The number of para-hydroxylation sites is 2. The van der Waals surface area contributed by atoms with Crippen molar-refractivity contribution < 1.29 is 22.7 Å². The highest BCUT2D eigenvalue weighted by atomic mass is 127. The highest BCUT2D eigenvalue weighted by molar-refractivity contribution is 14.0. The number of amides is 1. The van der Waals surface area contributed by atoms with Crippen molar-refractivity contribution in [2.45, 2.75) is 12.8 Å². The van der Waals surface area contributed by atoms with Crippen molar-refractivity contribution in [1.82, 2.24) is 5.32 Å². The first-order valence-electron chi connectivity index (χ1n) is 8.06. The molecule has 0 saturated heterocycles. The lowest BCUT2D eigenvalue weighted by molar-refractivity contribution is -0.274. The van der Waals surface area contributed by atoms with Crippen LogP contribution in [0.2, 0.25) is 0 Å². The minimum atomic E-state index is -4.83. The number of rotatable bonds is 7. The second-order valence-electron chi connectivity index (χ2n) is 5.46. The molecule has 0 aliphatic carbocycles. The van der Waals surface area contributed by atoms with Gasteiger partial charge in [0.2, 0.25) is 5.91 Å². The molecule has 0 radical (unpaired) electrons. The van der Waals surface area contributed by atoms with E-state index in [4.69, 9.17) is 5.73 Å². The molecule has 0 saturated carbocycles. The van der Waals surface area contributed by atoms with Crippen LogP contribution in [-0.4, -0.2) is 31.3 Å². The van der Waals surface area contributed by atoms with Crippen LogP contribution in [0.15, 0.2) is 59.6 Å². The van der Waals surface area contributed by atoms with E-state index in [0.29, 0.717) is 13.0 Å². The highest BCUT2D eigenvalue weighted by Crippen LogP contribution is 2.29. The van der Waals surface area contributed by atoms with Crippen molar-refractivity contribution in [2.75, 3.05) is 18.4 Å². The number of nitrogens with zero attached hydrogens (tertiary/aromatic N) is 1. The van der Waals surface area contributed by atoms with E-state index in [2.05, 4.69) is 20.4 Å². The summed E-state index contributed by atoms with van der Waals surface area (Å²) in [5.41, 5.74) is 6.70. The van der Waals surface area contributed by atoms with Gasteiger partial charge in [-0.05, 0) is 24.1 Å². The third-order valence-corrected chi connectivity index (χ3v) is 3.35. The number of anilines is 1. The summed E-state index contributed by atoms with van der Waals surface area (Å²) in [7, 11) is 0. The average molecular weight is 508 g/mol. The number of nitrogens with one attached hydrogen (secondary N) is 2. The predicted octanol–water partition coefficient (Wildman–Crippen LogP) is 3.29. The average Bonchev–Trinajstić information content (AvgIpc) is 2.61. The predicted molar refractivity (Wildman–Crippen MR) is 112 cm³/mol. The number of alkyl halides is 3. The molecule has 2 rings (SSSR count). The van der Waals surface area contributed by atoms with Crippen LogP contribution in [0.3, 0.4) is 0 Å². The highest BCUT2D eigenvalue weighted by Gasteiger charge is 2.32. The van der Waals surface area contributed by atoms with Crippen molar-refractivity contribution in [3.63, 3.8) is 0 Å². The number of hydrogen-bond donors (Lipinski definition) is 3. The SMILES string of the molecule is I.NC(=NCC(=O)NCCc1ccccc1)Nc1ccccc1OC(F)(F)F. The van der Waals surface area contributed by atoms with Gasteiger partial charge in [0.15, 0.2) is 11.7 Å². The zero-order valence-electron chi connectivity index (χ0n) is 14.7. The van der Waals surface area contributed by atoms with Gasteiger partial charge in [0.1, 0.15) is 6.54 Å². The van der Waals surface area contributed by atoms with Gasteiger partial charge in [-0.25, -0.2) is 4.99 Å². The van der Waals surface area contributed by atoms with Gasteiger partial charge in [0, 0.05) is 6.54 Å². The third-order valence-electron chi connectivity index (χ3n) is 3.35. The van der Waals surface area contributed by atoms with Crippen molar-refractivity contribution in [3.05, 3.63) is 60.2 Å². The fourth-order valence-electron chi connectivity index (χ4n) is 2.16. The largest absolute Gasteiger partial charge is 0.573 e. The van der Waals surface area contributed by atoms with Crippen molar-refractivity contribution in [2.24, 2.45) is 10.7 Å². The van der Waals surface area contributed by atoms with Crippen LogP contribution in [-0.2, 0) is 11.2 Å². The minimum Gasteiger partial charge on any atom is -0.404 e. The van der Waals surface area contributed by atoms with Crippen molar-refractivity contribution in [3.8, 4) is 5.75 Å². The number of carbonyl (C=O) groups is 1. The van der Waals surface area contributed by atoms with Crippen LogP contribution < -0.4 is 21.1 Å². The van der Waals surface area contributed by atoms with E-state index in [1.54, 1.807) is 0 Å². The smallest absolute Gasteiger partial charge is 0.404 e. The normalized spacial score (nSPS) is 11.3. The maximum absolute atomic E-state index is 12.4. The summed E-state index contributed by atoms with van der Waals surface area (Å²) >= 11 is 0. The van der Waals surface area contributed by atoms with E-state index in [1.807, 2.05) is 30.3 Å². The molecular formula is C18H20F3IN4O2. The zero-order chi connectivity index (χ0) is 19.7. The summed E-state index contributed by atoms with van der Waals surface area (Å²) in [6, 6.07) is 15.0. The molecule has 0 spiro atoms. The van der Waals surface area contributed by atoms with Crippen molar-refractivity contribution in [1.29, 1.82) is 0 Å². The summed E-state index contributed by atoms with van der Waals surface area (Å²) in [5.74, 6) is -1.00. The van der Waals surface area contributed by atoms with Gasteiger partial charge in [-0.15, -0.1) is 37.1 Å². The van der Waals surface area contributed by atoms with Gasteiger partial charge in [-0.1, -0.05) is 42.5 Å². The second-order valence-corrected chi connectivity index (χ2v) is 5.46. The Bertz CT molecular complexity index is 786. The molecule has 2 aromatic carbocycles. The number of hydrogen-bond acceptors (Lipinski definition) is 3. The molecule has 0 aromatic heterocycles. The third kappa shape index (κ3) is 8.93. The molecule has 0 unspecified atom stereocenters. The van der Waals surface area contributed by atoms with Gasteiger partial charge in [-0.2, -0.15) is 0 Å². The Kier molecular flexibility index (Phi) is 9.56. The lowest BCUT2D eigenvalue weighted by Crippen LogP contribution is -2.30. The molecule has 0 bridgehead atoms. The molecule has 6 nitrogen and oxygen atoms in total. The van der Waals surface area contributed by atoms with Crippen LogP contribution in [0.25, 0.3) is 0 Å². The number of aliphatic imine (C=N–C) groups is 1. The van der Waals surface area contributed by atoms with E-state index >= 15 is 0 Å². The molecule has 0 atom stereocenters. The van der Waals surface area contributed by atoms with Gasteiger partial charge < -0.3 is 21.1 Å². The Balaban J connectivity index is 0.00000392. The van der Waals surface area contributed by atoms with Crippen LogP contribution in [0.4, 0.5) is 18.9 Å². The maximum Gasteiger partial charge on any atom is 0.573 e. The summed E-state index contributed by atoms with van der Waals surface area (Å²) in [6.45, 7) is 0.184. The summed E-state index contributed by atoms with van der Waals surface area (Å²) < 4.78 is 41.1. The first-order chi connectivity index (χ1) is 12.8. The molecule has 0 aliphatic rings. The van der Waals surface area contributed by atoms with Gasteiger partial charge >= 0.3 is 6.36 Å².